The van der Waals surface area contributed by atoms with Crippen LogP contribution in [0, 0.1) is 0 Å². The molecule has 1 aliphatic rings. The van der Waals surface area contributed by atoms with E-state index in [0.717, 1.165) is 32.8 Å². The minimum atomic E-state index is -0.153. The fourth-order valence-corrected chi connectivity index (χ4v) is 11.4. The fraction of sp³-hybridized carbons (Fsp3) is 0.0545. The largest absolute Gasteiger partial charge is 0.236 e. The zero-order valence-corrected chi connectivity index (χ0v) is 35.1. The SMILES string of the molecule is CC1(C)c2cc(-c3cccc4c3sc3c(-c5cccc(-c6nc(-c7ccccc7)nc(-c7ccccc7)n6)c5)cccc34)ccc2-c2cc3nc(-c4ccccc4)sc3cc21. The average molecular weight is 817 g/mol. The summed E-state index contributed by atoms with van der Waals surface area (Å²) >= 11 is 3.66. The molecule has 0 saturated carbocycles. The van der Waals surface area contributed by atoms with Crippen LogP contribution in [0.15, 0.2) is 182 Å². The number of fused-ring (bicyclic) bond motifs is 7. The Morgan fingerprint density at radius 2 is 0.869 bits per heavy atom. The first kappa shape index (κ1) is 35.8. The second-order valence-corrected chi connectivity index (χ2v) is 18.3. The number of thiazole rings is 1. The van der Waals surface area contributed by atoms with Crippen LogP contribution in [0.3, 0.4) is 0 Å². The maximum absolute atomic E-state index is 5.09. The number of thiophene rings is 1. The molecular formula is C55H36N4S2. The molecule has 0 atom stereocenters. The summed E-state index contributed by atoms with van der Waals surface area (Å²) in [6.07, 6.45) is 0. The van der Waals surface area contributed by atoms with Gasteiger partial charge in [-0.25, -0.2) is 19.9 Å². The molecule has 4 nitrogen and oxygen atoms in total. The van der Waals surface area contributed by atoms with Crippen LogP contribution in [0.1, 0.15) is 25.0 Å². The maximum Gasteiger partial charge on any atom is 0.164 e. The second kappa shape index (κ2) is 14.0. The normalized spacial score (nSPS) is 12.9. The Hall–Kier alpha value is -7.12. The van der Waals surface area contributed by atoms with Crippen LogP contribution in [0.4, 0.5) is 0 Å². The Bertz CT molecular complexity index is 3440. The number of rotatable bonds is 6. The van der Waals surface area contributed by atoms with Crippen molar-refractivity contribution >= 4 is 53.1 Å². The van der Waals surface area contributed by atoms with E-state index in [0.29, 0.717) is 17.5 Å². The zero-order valence-electron chi connectivity index (χ0n) is 33.4. The molecule has 0 radical (unpaired) electrons. The van der Waals surface area contributed by atoms with Gasteiger partial charge in [0.25, 0.3) is 0 Å². The van der Waals surface area contributed by atoms with E-state index in [2.05, 4.69) is 135 Å². The van der Waals surface area contributed by atoms with E-state index < -0.39 is 0 Å². The smallest absolute Gasteiger partial charge is 0.164 e. The van der Waals surface area contributed by atoms with Gasteiger partial charge in [0.2, 0.25) is 0 Å². The first-order valence-electron chi connectivity index (χ1n) is 20.5. The van der Waals surface area contributed by atoms with Gasteiger partial charge in [-0.2, -0.15) is 0 Å². The highest BCUT2D eigenvalue weighted by Gasteiger charge is 2.36. The van der Waals surface area contributed by atoms with Crippen molar-refractivity contribution in [1.29, 1.82) is 0 Å². The highest BCUT2D eigenvalue weighted by Crippen LogP contribution is 2.52. The van der Waals surface area contributed by atoms with Crippen molar-refractivity contribution in [2.24, 2.45) is 0 Å². The summed E-state index contributed by atoms with van der Waals surface area (Å²) in [5.41, 5.74) is 15.1. The molecule has 0 spiro atoms. The van der Waals surface area contributed by atoms with Gasteiger partial charge in [0, 0.05) is 47.8 Å². The third-order valence-electron chi connectivity index (χ3n) is 12.2. The summed E-state index contributed by atoms with van der Waals surface area (Å²) in [7, 11) is 0. The molecule has 0 amide bonds. The third kappa shape index (κ3) is 5.93. The Balaban J connectivity index is 0.942. The van der Waals surface area contributed by atoms with Gasteiger partial charge in [-0.05, 0) is 68.8 Å². The van der Waals surface area contributed by atoms with E-state index in [-0.39, 0.29) is 5.41 Å². The Morgan fingerprint density at radius 3 is 1.49 bits per heavy atom. The van der Waals surface area contributed by atoms with Crippen molar-refractivity contribution in [2.75, 3.05) is 0 Å². The molecule has 0 bridgehead atoms. The Labute approximate surface area is 361 Å². The summed E-state index contributed by atoms with van der Waals surface area (Å²) in [5, 5.41) is 3.60. The lowest BCUT2D eigenvalue weighted by atomic mass is 9.81. The molecule has 0 fully saturated rings. The first-order chi connectivity index (χ1) is 30.0. The van der Waals surface area contributed by atoms with Gasteiger partial charge >= 0.3 is 0 Å². The summed E-state index contributed by atoms with van der Waals surface area (Å²) in [5.74, 6) is 1.96. The first-order valence-corrected chi connectivity index (χ1v) is 22.2. The molecule has 8 aromatic carbocycles. The van der Waals surface area contributed by atoms with Gasteiger partial charge in [-0.1, -0.05) is 172 Å². The Morgan fingerprint density at radius 1 is 0.361 bits per heavy atom. The van der Waals surface area contributed by atoms with E-state index in [1.54, 1.807) is 11.3 Å². The molecule has 0 saturated heterocycles. The molecule has 11 aromatic rings. The number of hydrogen-bond donors (Lipinski definition) is 0. The van der Waals surface area contributed by atoms with Crippen molar-refractivity contribution < 1.29 is 0 Å². The van der Waals surface area contributed by atoms with E-state index in [9.17, 15) is 0 Å². The van der Waals surface area contributed by atoms with Crippen molar-refractivity contribution in [3.05, 3.63) is 193 Å². The van der Waals surface area contributed by atoms with Crippen LogP contribution in [-0.2, 0) is 5.41 Å². The molecular weight excluding hydrogens is 781 g/mol. The monoisotopic (exact) mass is 816 g/mol. The number of aromatic nitrogens is 4. The van der Waals surface area contributed by atoms with Crippen molar-refractivity contribution in [3.63, 3.8) is 0 Å². The Kier molecular flexibility index (Phi) is 8.21. The molecule has 0 aliphatic heterocycles. The molecule has 3 aromatic heterocycles. The molecule has 61 heavy (non-hydrogen) atoms. The zero-order chi connectivity index (χ0) is 40.7. The molecule has 0 N–H and O–H groups in total. The fourth-order valence-electron chi connectivity index (χ4n) is 9.07. The van der Waals surface area contributed by atoms with Crippen LogP contribution in [-0.4, -0.2) is 19.9 Å². The van der Waals surface area contributed by atoms with Crippen molar-refractivity contribution in [1.82, 2.24) is 19.9 Å². The summed E-state index contributed by atoms with van der Waals surface area (Å²) < 4.78 is 3.80. The summed E-state index contributed by atoms with van der Waals surface area (Å²) in [4.78, 5) is 20.1. The van der Waals surface area contributed by atoms with Crippen LogP contribution < -0.4 is 0 Å². The second-order valence-electron chi connectivity index (χ2n) is 16.2. The highest BCUT2D eigenvalue weighted by molar-refractivity contribution is 7.27. The van der Waals surface area contributed by atoms with E-state index in [1.807, 2.05) is 72.0 Å². The topological polar surface area (TPSA) is 51.6 Å². The lowest BCUT2D eigenvalue weighted by molar-refractivity contribution is 0.661. The maximum atomic E-state index is 5.09. The third-order valence-corrected chi connectivity index (χ3v) is 14.5. The molecule has 6 heteroatoms. The van der Waals surface area contributed by atoms with Crippen LogP contribution in [0.5, 0.6) is 0 Å². The quantitative estimate of drug-likeness (QED) is 0.168. The van der Waals surface area contributed by atoms with E-state index in [4.69, 9.17) is 19.9 Å². The van der Waals surface area contributed by atoms with Gasteiger partial charge in [0.15, 0.2) is 17.5 Å². The lowest BCUT2D eigenvalue weighted by Crippen LogP contribution is -2.15. The molecule has 288 valence electrons. The lowest BCUT2D eigenvalue weighted by Gasteiger charge is -2.22. The number of nitrogens with zero attached hydrogens (tertiary/aromatic N) is 4. The molecule has 1 aliphatic carbocycles. The standard InChI is InChI=1S/C55H36N4S2/c1-55(2)45-30-37(27-28-41(45)44-31-47-48(32-46(44)55)60-54(56-47)35-19-10-5-11-20-35)40-24-14-26-43-42-25-13-23-39(49(42)61-50(40)43)36-21-12-22-38(29-36)53-58-51(33-15-6-3-7-16-33)57-52(59-53)34-17-8-4-9-18-34/h3-32H,1-2H3. The molecule has 12 rings (SSSR count). The summed E-state index contributed by atoms with van der Waals surface area (Å²) in [6, 6.07) is 64.7. The predicted molar refractivity (Wildman–Crippen MR) is 256 cm³/mol. The van der Waals surface area contributed by atoms with E-state index >= 15 is 0 Å². The van der Waals surface area contributed by atoms with E-state index in [1.165, 1.54) is 69.4 Å². The molecule has 3 heterocycles. The minimum Gasteiger partial charge on any atom is -0.236 e. The van der Waals surface area contributed by atoms with Gasteiger partial charge < -0.3 is 0 Å². The predicted octanol–water partition coefficient (Wildman–Crippen LogP) is 15.2. The summed E-state index contributed by atoms with van der Waals surface area (Å²) in [6.45, 7) is 4.74. The number of hydrogen-bond acceptors (Lipinski definition) is 6. The van der Waals surface area contributed by atoms with Gasteiger partial charge in [-0.15, -0.1) is 22.7 Å². The van der Waals surface area contributed by atoms with Crippen molar-refractivity contribution in [2.45, 2.75) is 19.3 Å². The van der Waals surface area contributed by atoms with Crippen molar-refractivity contribution in [3.8, 4) is 78.1 Å². The molecule has 0 unspecified atom stereocenters. The highest BCUT2D eigenvalue weighted by atomic mass is 32.1. The van der Waals surface area contributed by atoms with Crippen LogP contribution >= 0.6 is 22.7 Å². The minimum absolute atomic E-state index is 0.153. The van der Waals surface area contributed by atoms with Gasteiger partial charge in [-0.3, -0.25) is 0 Å². The van der Waals surface area contributed by atoms with Gasteiger partial charge in [0.05, 0.1) is 10.2 Å². The average Bonchev–Trinajstić information content (AvgIpc) is 3.99. The van der Waals surface area contributed by atoms with Gasteiger partial charge in [0.1, 0.15) is 5.01 Å². The van der Waals surface area contributed by atoms with Crippen LogP contribution in [0.2, 0.25) is 0 Å². The van der Waals surface area contributed by atoms with Crippen LogP contribution in [0.25, 0.3) is 109 Å². The number of benzene rings is 8.